The van der Waals surface area contributed by atoms with E-state index in [2.05, 4.69) is 58.0 Å². The van der Waals surface area contributed by atoms with Gasteiger partial charge in [-0.25, -0.2) is 15.0 Å². The summed E-state index contributed by atoms with van der Waals surface area (Å²) in [5.74, 6) is 0.0790. The lowest BCUT2D eigenvalue weighted by atomic mass is 10.1. The Bertz CT molecular complexity index is 2240. The van der Waals surface area contributed by atoms with Gasteiger partial charge in [0.2, 0.25) is 0 Å². The number of nitrogens with two attached hydrogens (primary N) is 1. The van der Waals surface area contributed by atoms with Crippen molar-refractivity contribution in [1.82, 2.24) is 25.2 Å². The Morgan fingerprint density at radius 1 is 0.796 bits per heavy atom. The van der Waals surface area contributed by atoms with E-state index in [4.69, 9.17) is 10.2 Å². The fourth-order valence-electron chi connectivity index (χ4n) is 6.29. The molecule has 0 spiro atoms. The summed E-state index contributed by atoms with van der Waals surface area (Å²) in [6.07, 6.45) is 8.20. The molecule has 0 radical (unpaired) electrons. The van der Waals surface area contributed by atoms with Crippen LogP contribution in [0.4, 0.5) is 39.3 Å². The van der Waals surface area contributed by atoms with E-state index in [1.54, 1.807) is 31.0 Å². The highest BCUT2D eigenvalue weighted by Gasteiger charge is 2.20. The lowest BCUT2D eigenvalue weighted by Gasteiger charge is -2.32. The summed E-state index contributed by atoms with van der Waals surface area (Å²) in [5.41, 5.74) is 12.2. The number of carbonyl (C=O) groups excluding carboxylic acids is 2. The number of carbonyl (C=O) groups is 2. The van der Waals surface area contributed by atoms with Gasteiger partial charge < -0.3 is 46.1 Å². The van der Waals surface area contributed by atoms with Gasteiger partial charge in [-0.15, -0.1) is 11.3 Å². The van der Waals surface area contributed by atoms with Crippen LogP contribution in [0.1, 0.15) is 20.3 Å². The monoisotopic (exact) mass is 761 g/mol. The lowest BCUT2D eigenvalue weighted by molar-refractivity contribution is 0.101. The molecule has 16 heteroatoms. The van der Waals surface area contributed by atoms with Crippen LogP contribution >= 0.6 is 22.7 Å². The quantitative estimate of drug-likeness (QED) is 0.105. The van der Waals surface area contributed by atoms with Gasteiger partial charge in [0.1, 0.15) is 16.5 Å². The number of nitrogens with one attached hydrogen (secondary N) is 4. The molecule has 2 aliphatic rings. The van der Waals surface area contributed by atoms with Crippen LogP contribution in [0.25, 0.3) is 21.6 Å². The molecule has 0 saturated carbocycles. The number of hydrogen-bond acceptors (Lipinski definition) is 14. The molecule has 2 saturated heterocycles. The topological polar surface area (TPSA) is 170 Å². The van der Waals surface area contributed by atoms with E-state index in [0.29, 0.717) is 27.8 Å². The zero-order chi connectivity index (χ0) is 37.0. The number of piperazine rings is 2. The minimum Gasteiger partial charge on any atom is -0.472 e. The van der Waals surface area contributed by atoms with Gasteiger partial charge in [0.05, 0.1) is 53.9 Å². The molecular formula is C38H39N11O3S2. The zero-order valence-electron chi connectivity index (χ0n) is 29.5. The standard InChI is InChI=1S/C38H39N11O3S2/c1-47-11-13-48(14-12-47)34-20-41-32(19-42-34)36(50)45-30-17-25(2-4-28(30)39)33-18-27(23-53-33)44-29-5-3-24(26-6-15-52-22-26)16-31(29)46-37(51)38-43-21-35(54-38)49-9-7-40-8-10-49/h2-6,15-23,40,44H,7-14,39H2,1H3,(H,45,50)(H,46,51). The van der Waals surface area contributed by atoms with E-state index in [0.717, 1.165) is 90.4 Å². The molecule has 2 amide bonds. The zero-order valence-corrected chi connectivity index (χ0v) is 31.2. The second-order valence-electron chi connectivity index (χ2n) is 13.1. The molecule has 0 bridgehead atoms. The average molecular weight is 762 g/mol. The van der Waals surface area contributed by atoms with Gasteiger partial charge in [0.15, 0.2) is 5.01 Å². The normalized spacial score (nSPS) is 14.9. The third-order valence-electron chi connectivity index (χ3n) is 9.40. The van der Waals surface area contributed by atoms with Crippen molar-refractivity contribution in [3.05, 3.63) is 95.7 Å². The summed E-state index contributed by atoms with van der Waals surface area (Å²) in [6.45, 7) is 7.18. The first-order chi connectivity index (χ1) is 26.4. The smallest absolute Gasteiger partial charge is 0.284 e. The van der Waals surface area contributed by atoms with Crippen LogP contribution < -0.4 is 36.8 Å². The van der Waals surface area contributed by atoms with Gasteiger partial charge in [-0.2, -0.15) is 0 Å². The summed E-state index contributed by atoms with van der Waals surface area (Å²) in [4.78, 5) is 47.7. The van der Waals surface area contributed by atoms with Crippen molar-refractivity contribution >= 4 is 73.7 Å². The van der Waals surface area contributed by atoms with E-state index in [1.807, 2.05) is 47.8 Å². The third-order valence-corrected chi connectivity index (χ3v) is 11.4. The van der Waals surface area contributed by atoms with Crippen LogP contribution in [0.5, 0.6) is 0 Å². The number of anilines is 7. The average Bonchev–Trinajstić information content (AvgIpc) is 4.01. The lowest BCUT2D eigenvalue weighted by Crippen LogP contribution is -2.44. The minimum atomic E-state index is -0.393. The molecule has 14 nitrogen and oxygen atoms in total. The highest BCUT2D eigenvalue weighted by molar-refractivity contribution is 7.17. The Hall–Kier alpha value is -5.81. The number of rotatable bonds is 10. The summed E-state index contributed by atoms with van der Waals surface area (Å²) in [7, 11) is 2.10. The van der Waals surface area contributed by atoms with E-state index in [1.165, 1.54) is 28.9 Å². The Labute approximate surface area is 320 Å². The largest absolute Gasteiger partial charge is 0.472 e. The van der Waals surface area contributed by atoms with Gasteiger partial charge in [0, 0.05) is 73.9 Å². The molecule has 276 valence electrons. The summed E-state index contributed by atoms with van der Waals surface area (Å²) in [5, 5.41) is 16.2. The number of hydrogen-bond donors (Lipinski definition) is 5. The molecular weight excluding hydrogens is 723 g/mol. The van der Waals surface area contributed by atoms with Crippen LogP contribution in [0.3, 0.4) is 0 Å². The molecule has 0 atom stereocenters. The first kappa shape index (κ1) is 35.2. The van der Waals surface area contributed by atoms with E-state index in [-0.39, 0.29) is 11.6 Å². The molecule has 8 rings (SSSR count). The minimum absolute atomic E-state index is 0.205. The van der Waals surface area contributed by atoms with Gasteiger partial charge in [-0.1, -0.05) is 23.5 Å². The molecule has 6 heterocycles. The van der Waals surface area contributed by atoms with Crippen LogP contribution in [-0.2, 0) is 0 Å². The number of furan rings is 1. The first-order valence-corrected chi connectivity index (χ1v) is 19.3. The highest BCUT2D eigenvalue weighted by Crippen LogP contribution is 2.37. The van der Waals surface area contributed by atoms with Crippen LogP contribution in [0.2, 0.25) is 0 Å². The van der Waals surface area contributed by atoms with Gasteiger partial charge in [-0.3, -0.25) is 9.59 Å². The Morgan fingerprint density at radius 3 is 2.37 bits per heavy atom. The number of likely N-dealkylation sites (N-methyl/N-ethyl adjacent to an activating group) is 1. The SMILES string of the molecule is CN1CCN(c2cnc(C(=O)Nc3cc(-c4cc(Nc5ccc(-c6ccoc6)cc5NC(=O)c5ncc(N6CCNCC6)s5)cs4)ccc3N)cn2)CC1. The van der Waals surface area contributed by atoms with Gasteiger partial charge in [0.25, 0.3) is 11.8 Å². The predicted octanol–water partition coefficient (Wildman–Crippen LogP) is 5.91. The van der Waals surface area contributed by atoms with E-state index < -0.39 is 5.91 Å². The van der Waals surface area contributed by atoms with Crippen molar-refractivity contribution in [1.29, 1.82) is 0 Å². The van der Waals surface area contributed by atoms with Crippen molar-refractivity contribution in [3.8, 4) is 21.6 Å². The second-order valence-corrected chi connectivity index (χ2v) is 15.0. The predicted molar refractivity (Wildman–Crippen MR) is 216 cm³/mol. The molecule has 54 heavy (non-hydrogen) atoms. The maximum Gasteiger partial charge on any atom is 0.284 e. The van der Waals surface area contributed by atoms with Crippen molar-refractivity contribution in [3.63, 3.8) is 0 Å². The molecule has 2 aromatic carbocycles. The molecule has 4 aromatic heterocycles. The van der Waals surface area contributed by atoms with E-state index >= 15 is 0 Å². The Kier molecular flexibility index (Phi) is 10.2. The van der Waals surface area contributed by atoms with Crippen LogP contribution in [0, 0.1) is 0 Å². The third kappa shape index (κ3) is 7.91. The van der Waals surface area contributed by atoms with Crippen molar-refractivity contribution < 1.29 is 14.0 Å². The Balaban J connectivity index is 0.974. The van der Waals surface area contributed by atoms with Crippen molar-refractivity contribution in [2.75, 3.05) is 90.9 Å². The maximum absolute atomic E-state index is 13.5. The Morgan fingerprint density at radius 2 is 1.59 bits per heavy atom. The van der Waals surface area contributed by atoms with Crippen LogP contribution in [-0.4, -0.2) is 91.1 Å². The first-order valence-electron chi connectivity index (χ1n) is 17.6. The van der Waals surface area contributed by atoms with Crippen LogP contribution in [0.15, 0.2) is 89.4 Å². The fraction of sp³-hybridized carbons (Fsp3) is 0.237. The molecule has 6 N–H and O–H groups in total. The number of aromatic nitrogens is 3. The summed E-state index contributed by atoms with van der Waals surface area (Å²) in [6, 6.07) is 15.3. The highest BCUT2D eigenvalue weighted by atomic mass is 32.1. The number of amides is 2. The number of nitrogens with zero attached hydrogens (tertiary/aromatic N) is 6. The number of thiazole rings is 1. The van der Waals surface area contributed by atoms with E-state index in [9.17, 15) is 9.59 Å². The number of nitrogen functional groups attached to an aromatic ring is 1. The summed E-state index contributed by atoms with van der Waals surface area (Å²) < 4.78 is 5.32. The number of thiophene rings is 1. The summed E-state index contributed by atoms with van der Waals surface area (Å²) >= 11 is 2.92. The van der Waals surface area contributed by atoms with Crippen molar-refractivity contribution in [2.45, 2.75) is 0 Å². The maximum atomic E-state index is 13.5. The molecule has 2 aliphatic heterocycles. The fourth-order valence-corrected chi connectivity index (χ4v) is 8.00. The molecule has 6 aromatic rings. The second kappa shape index (κ2) is 15.7. The molecule has 2 fully saturated rings. The number of benzene rings is 2. The van der Waals surface area contributed by atoms with Gasteiger partial charge >= 0.3 is 0 Å². The molecule has 0 unspecified atom stereocenters. The van der Waals surface area contributed by atoms with Crippen molar-refractivity contribution in [2.24, 2.45) is 0 Å². The van der Waals surface area contributed by atoms with Gasteiger partial charge in [-0.05, 0) is 54.6 Å². The molecule has 0 aliphatic carbocycles.